The van der Waals surface area contributed by atoms with Crippen LogP contribution < -0.4 is 4.74 Å². The minimum Gasteiger partial charge on any atom is -0.471 e. The van der Waals surface area contributed by atoms with E-state index in [4.69, 9.17) is 30.8 Å². The Balaban J connectivity index is 1.45. The summed E-state index contributed by atoms with van der Waals surface area (Å²) in [5, 5.41) is 6.39. The number of oxazole rings is 1. The first-order valence-corrected chi connectivity index (χ1v) is 11.1. The van der Waals surface area contributed by atoms with Gasteiger partial charge >= 0.3 is 0 Å². The van der Waals surface area contributed by atoms with Gasteiger partial charge in [-0.15, -0.1) is 0 Å². The second-order valence-corrected chi connectivity index (χ2v) is 8.57. The number of ether oxygens (including phenoxy) is 1. The van der Waals surface area contributed by atoms with Crippen LogP contribution in [0.1, 0.15) is 28.3 Å². The zero-order valence-electron chi connectivity index (χ0n) is 18.9. The van der Waals surface area contributed by atoms with Crippen LogP contribution in [0.15, 0.2) is 59.0 Å². The first kappa shape index (κ1) is 21.2. The average Bonchev–Trinajstić information content (AvgIpc) is 3.33. The van der Waals surface area contributed by atoms with Crippen LogP contribution in [0, 0.1) is 27.7 Å². The van der Waals surface area contributed by atoms with Crippen molar-refractivity contribution in [3.63, 3.8) is 0 Å². The second-order valence-electron chi connectivity index (χ2n) is 8.13. The van der Waals surface area contributed by atoms with Gasteiger partial charge in [-0.2, -0.15) is 10.1 Å². The van der Waals surface area contributed by atoms with Crippen molar-refractivity contribution in [1.29, 1.82) is 0 Å². The molecule has 0 saturated heterocycles. The van der Waals surface area contributed by atoms with Gasteiger partial charge in [0.1, 0.15) is 18.1 Å². The van der Waals surface area contributed by atoms with E-state index in [1.165, 1.54) is 5.56 Å². The first-order valence-electron chi connectivity index (χ1n) is 10.7. The molecule has 3 heterocycles. The number of benzene rings is 2. The van der Waals surface area contributed by atoms with E-state index in [1.807, 2.05) is 67.9 Å². The topological polar surface area (TPSA) is 66.0 Å². The van der Waals surface area contributed by atoms with Crippen molar-refractivity contribution in [2.24, 2.45) is 0 Å². The highest BCUT2D eigenvalue weighted by molar-refractivity contribution is 6.30. The standard InChI is InChI=1S/C26H23ClN4O2/c1-15-8-10-21(11-9-15)31-25-24(17(3)30-31)16(2)12-23(29-25)32-14-22-18(4)33-26(28-22)19-6-5-7-20(27)13-19/h5-13H,14H2,1-4H3. The third kappa shape index (κ3) is 4.10. The lowest BCUT2D eigenvalue weighted by Crippen LogP contribution is -2.02. The van der Waals surface area contributed by atoms with E-state index >= 15 is 0 Å². The Bertz CT molecular complexity index is 1470. The molecule has 5 aromatic rings. The van der Waals surface area contributed by atoms with Crippen LogP contribution >= 0.6 is 11.6 Å². The Morgan fingerprint density at radius 3 is 2.52 bits per heavy atom. The van der Waals surface area contributed by atoms with Gasteiger partial charge in [0, 0.05) is 22.0 Å². The molecule has 0 aliphatic rings. The van der Waals surface area contributed by atoms with E-state index in [0.29, 0.717) is 28.2 Å². The van der Waals surface area contributed by atoms with E-state index in [0.717, 1.165) is 33.5 Å². The molecule has 6 nitrogen and oxygen atoms in total. The fraction of sp³-hybridized carbons (Fsp3) is 0.192. The maximum atomic E-state index is 6.10. The molecular formula is C26H23ClN4O2. The van der Waals surface area contributed by atoms with E-state index in [2.05, 4.69) is 24.0 Å². The molecule has 33 heavy (non-hydrogen) atoms. The van der Waals surface area contributed by atoms with Crippen LogP contribution in [0.2, 0.25) is 5.02 Å². The summed E-state index contributed by atoms with van der Waals surface area (Å²) in [4.78, 5) is 9.38. The molecule has 0 aliphatic heterocycles. The fourth-order valence-electron chi connectivity index (χ4n) is 3.86. The number of aryl methyl sites for hydroxylation is 4. The molecule has 0 radical (unpaired) electrons. The Hall–Kier alpha value is -3.64. The average molecular weight is 459 g/mol. The predicted octanol–water partition coefficient (Wildman–Crippen LogP) is 6.54. The number of aromatic nitrogens is 4. The van der Waals surface area contributed by atoms with Gasteiger partial charge in [-0.25, -0.2) is 9.67 Å². The Labute approximate surface area is 196 Å². The van der Waals surface area contributed by atoms with Gasteiger partial charge in [0.15, 0.2) is 5.65 Å². The first-order chi connectivity index (χ1) is 15.9. The summed E-state index contributed by atoms with van der Waals surface area (Å²) < 4.78 is 13.8. The van der Waals surface area contributed by atoms with Crippen molar-refractivity contribution in [1.82, 2.24) is 19.7 Å². The molecule has 0 spiro atoms. The molecular weight excluding hydrogens is 436 g/mol. The van der Waals surface area contributed by atoms with Gasteiger partial charge in [-0.1, -0.05) is 35.4 Å². The molecule has 2 aromatic carbocycles. The quantitative estimate of drug-likeness (QED) is 0.299. The maximum absolute atomic E-state index is 6.10. The summed E-state index contributed by atoms with van der Waals surface area (Å²) in [6.45, 7) is 8.22. The van der Waals surface area contributed by atoms with Crippen molar-refractivity contribution in [3.8, 4) is 23.0 Å². The molecule has 5 rings (SSSR count). The van der Waals surface area contributed by atoms with Gasteiger partial charge in [0.2, 0.25) is 11.8 Å². The molecule has 0 atom stereocenters. The van der Waals surface area contributed by atoms with Crippen LogP contribution in [-0.2, 0) is 6.61 Å². The van der Waals surface area contributed by atoms with Crippen LogP contribution in [0.4, 0.5) is 0 Å². The largest absolute Gasteiger partial charge is 0.471 e. The summed E-state index contributed by atoms with van der Waals surface area (Å²) in [6, 6.07) is 17.6. The van der Waals surface area contributed by atoms with Crippen molar-refractivity contribution in [2.45, 2.75) is 34.3 Å². The third-order valence-electron chi connectivity index (χ3n) is 5.59. The van der Waals surface area contributed by atoms with Gasteiger partial charge in [-0.05, 0) is 63.6 Å². The summed E-state index contributed by atoms with van der Waals surface area (Å²) >= 11 is 6.10. The maximum Gasteiger partial charge on any atom is 0.226 e. The van der Waals surface area contributed by atoms with Gasteiger partial charge in [0.25, 0.3) is 0 Å². The van der Waals surface area contributed by atoms with Gasteiger partial charge in [-0.3, -0.25) is 0 Å². The molecule has 0 N–H and O–H groups in total. The van der Waals surface area contributed by atoms with Gasteiger partial charge < -0.3 is 9.15 Å². The van der Waals surface area contributed by atoms with Crippen molar-refractivity contribution in [3.05, 3.63) is 87.9 Å². The number of nitrogens with zero attached hydrogens (tertiary/aromatic N) is 4. The van der Waals surface area contributed by atoms with Crippen molar-refractivity contribution < 1.29 is 9.15 Å². The molecule has 0 saturated carbocycles. The van der Waals surface area contributed by atoms with E-state index in [9.17, 15) is 0 Å². The number of hydrogen-bond donors (Lipinski definition) is 0. The van der Waals surface area contributed by atoms with Crippen molar-refractivity contribution in [2.75, 3.05) is 0 Å². The summed E-state index contributed by atoms with van der Waals surface area (Å²) in [5.41, 5.74) is 6.45. The molecule has 0 bridgehead atoms. The SMILES string of the molecule is Cc1ccc(-n2nc(C)c3c(C)cc(OCc4nc(-c5cccc(Cl)c5)oc4C)nc32)cc1. The monoisotopic (exact) mass is 458 g/mol. The summed E-state index contributed by atoms with van der Waals surface area (Å²) in [6.07, 6.45) is 0. The van der Waals surface area contributed by atoms with Crippen LogP contribution in [0.25, 0.3) is 28.2 Å². The van der Waals surface area contributed by atoms with Crippen LogP contribution in [0.5, 0.6) is 5.88 Å². The van der Waals surface area contributed by atoms with E-state index in [1.54, 1.807) is 0 Å². The number of pyridine rings is 1. The van der Waals surface area contributed by atoms with E-state index in [-0.39, 0.29) is 6.61 Å². The smallest absolute Gasteiger partial charge is 0.226 e. The third-order valence-corrected chi connectivity index (χ3v) is 5.82. The molecule has 0 amide bonds. The molecule has 7 heteroatoms. The Morgan fingerprint density at radius 1 is 0.970 bits per heavy atom. The number of rotatable bonds is 5. The summed E-state index contributed by atoms with van der Waals surface area (Å²) in [5.74, 6) is 1.73. The summed E-state index contributed by atoms with van der Waals surface area (Å²) in [7, 11) is 0. The highest BCUT2D eigenvalue weighted by atomic mass is 35.5. The predicted molar refractivity (Wildman–Crippen MR) is 129 cm³/mol. The van der Waals surface area contributed by atoms with Crippen LogP contribution in [0.3, 0.4) is 0 Å². The number of fused-ring (bicyclic) bond motifs is 1. The Kier molecular flexibility index (Phi) is 5.38. The van der Waals surface area contributed by atoms with E-state index < -0.39 is 0 Å². The zero-order valence-corrected chi connectivity index (χ0v) is 19.6. The zero-order chi connectivity index (χ0) is 23.1. The highest BCUT2D eigenvalue weighted by Crippen LogP contribution is 2.28. The minimum atomic E-state index is 0.242. The fourth-order valence-corrected chi connectivity index (χ4v) is 4.05. The Morgan fingerprint density at radius 2 is 1.76 bits per heavy atom. The van der Waals surface area contributed by atoms with Crippen molar-refractivity contribution >= 4 is 22.6 Å². The normalized spacial score (nSPS) is 11.3. The lowest BCUT2D eigenvalue weighted by molar-refractivity contribution is 0.288. The molecule has 0 fully saturated rings. The minimum absolute atomic E-state index is 0.242. The molecule has 0 unspecified atom stereocenters. The number of hydrogen-bond acceptors (Lipinski definition) is 5. The molecule has 0 aliphatic carbocycles. The van der Waals surface area contributed by atoms with Gasteiger partial charge in [0.05, 0.1) is 11.4 Å². The lowest BCUT2D eigenvalue weighted by atomic mass is 10.1. The second kappa shape index (κ2) is 8.37. The highest BCUT2D eigenvalue weighted by Gasteiger charge is 2.17. The molecule has 166 valence electrons. The molecule has 3 aromatic heterocycles. The van der Waals surface area contributed by atoms with Crippen LogP contribution in [-0.4, -0.2) is 19.7 Å². The number of halogens is 1. The lowest BCUT2D eigenvalue weighted by Gasteiger charge is -2.08.